The maximum absolute atomic E-state index is 12.7. The van der Waals surface area contributed by atoms with Crippen molar-refractivity contribution in [3.8, 4) is 0 Å². The van der Waals surface area contributed by atoms with Crippen molar-refractivity contribution < 1.29 is 9.18 Å². The van der Waals surface area contributed by atoms with E-state index in [1.807, 2.05) is 0 Å². The van der Waals surface area contributed by atoms with Crippen LogP contribution >= 0.6 is 0 Å². The third kappa shape index (κ3) is 3.37. The van der Waals surface area contributed by atoms with Gasteiger partial charge in [0.2, 0.25) is 0 Å². The monoisotopic (exact) mass is 259 g/mol. The fraction of sp³-hybridized carbons (Fsp3) is 0.200. The number of Topliss-reactive ketones (excluding diaryl/α,β-unsaturated/α-hetero) is 1. The molecule has 0 unspecified atom stereocenters. The molecule has 98 valence electrons. The van der Waals surface area contributed by atoms with Crippen LogP contribution in [0.1, 0.15) is 11.1 Å². The summed E-state index contributed by atoms with van der Waals surface area (Å²) in [5.74, 6) is -0.412. The highest BCUT2D eigenvalue weighted by Crippen LogP contribution is 2.04. The molecule has 0 aliphatic carbocycles. The van der Waals surface area contributed by atoms with Crippen LogP contribution in [0.25, 0.3) is 0 Å². The van der Waals surface area contributed by atoms with Gasteiger partial charge < -0.3 is 4.57 Å². The summed E-state index contributed by atoms with van der Waals surface area (Å²) in [6.07, 6.45) is 1.79. The van der Waals surface area contributed by atoms with Crippen LogP contribution < -0.4 is 5.56 Å². The highest BCUT2D eigenvalue weighted by molar-refractivity contribution is 5.80. The molecule has 0 saturated heterocycles. The van der Waals surface area contributed by atoms with Gasteiger partial charge in [0.05, 0.1) is 6.54 Å². The Morgan fingerprint density at radius 1 is 1.21 bits per heavy atom. The summed E-state index contributed by atoms with van der Waals surface area (Å²) in [5.41, 5.74) is 1.19. The first kappa shape index (κ1) is 13.2. The zero-order valence-corrected chi connectivity index (χ0v) is 10.6. The molecule has 0 N–H and O–H groups in total. The summed E-state index contributed by atoms with van der Waals surface area (Å²) >= 11 is 0. The van der Waals surface area contributed by atoms with E-state index < -0.39 is 0 Å². The second-order valence-electron chi connectivity index (χ2n) is 4.47. The number of rotatable bonds is 4. The minimum absolute atomic E-state index is 0.0396. The van der Waals surface area contributed by atoms with Gasteiger partial charge in [-0.15, -0.1) is 0 Å². The fourth-order valence-electron chi connectivity index (χ4n) is 1.86. The molecule has 2 rings (SSSR count). The fourth-order valence-corrected chi connectivity index (χ4v) is 1.86. The van der Waals surface area contributed by atoms with Crippen LogP contribution in [0, 0.1) is 12.7 Å². The molecule has 0 fully saturated rings. The molecule has 4 heteroatoms. The van der Waals surface area contributed by atoms with E-state index in [2.05, 4.69) is 0 Å². The molecule has 0 radical (unpaired) electrons. The van der Waals surface area contributed by atoms with E-state index in [0.29, 0.717) is 5.56 Å². The third-order valence-electron chi connectivity index (χ3n) is 2.87. The van der Waals surface area contributed by atoms with Gasteiger partial charge in [0.15, 0.2) is 5.78 Å². The van der Waals surface area contributed by atoms with Gasteiger partial charge in [0, 0.05) is 18.2 Å². The molecule has 0 aliphatic heterocycles. The van der Waals surface area contributed by atoms with Crippen LogP contribution in [-0.4, -0.2) is 10.4 Å². The SMILES string of the molecule is Cc1cccn(CC(=O)Cc2ccc(F)cc2)c1=O. The van der Waals surface area contributed by atoms with Crippen LogP contribution in [0.2, 0.25) is 0 Å². The molecule has 0 spiro atoms. The Morgan fingerprint density at radius 2 is 1.89 bits per heavy atom. The van der Waals surface area contributed by atoms with E-state index in [-0.39, 0.29) is 30.1 Å². The average Bonchev–Trinajstić information content (AvgIpc) is 2.38. The first-order chi connectivity index (χ1) is 9.06. The Balaban J connectivity index is 2.07. The molecule has 3 nitrogen and oxygen atoms in total. The molecule has 2 aromatic rings. The zero-order chi connectivity index (χ0) is 13.8. The van der Waals surface area contributed by atoms with Gasteiger partial charge in [-0.2, -0.15) is 0 Å². The van der Waals surface area contributed by atoms with Crippen molar-refractivity contribution in [3.05, 3.63) is 69.9 Å². The molecule has 1 aromatic heterocycles. The molecule has 1 aromatic carbocycles. The van der Waals surface area contributed by atoms with Crippen molar-refractivity contribution in [3.63, 3.8) is 0 Å². The van der Waals surface area contributed by atoms with Crippen molar-refractivity contribution in [1.29, 1.82) is 0 Å². The Morgan fingerprint density at radius 3 is 2.58 bits per heavy atom. The van der Waals surface area contributed by atoms with Gasteiger partial charge in [0.25, 0.3) is 5.56 Å². The zero-order valence-electron chi connectivity index (χ0n) is 10.6. The van der Waals surface area contributed by atoms with Crippen molar-refractivity contribution in [1.82, 2.24) is 4.57 Å². The lowest BCUT2D eigenvalue weighted by Crippen LogP contribution is -2.25. The molecule has 19 heavy (non-hydrogen) atoms. The number of ketones is 1. The van der Waals surface area contributed by atoms with Gasteiger partial charge in [-0.1, -0.05) is 18.2 Å². The highest BCUT2D eigenvalue weighted by Gasteiger charge is 2.07. The number of aromatic nitrogens is 1. The van der Waals surface area contributed by atoms with Crippen molar-refractivity contribution >= 4 is 5.78 Å². The topological polar surface area (TPSA) is 39.1 Å². The van der Waals surface area contributed by atoms with Crippen molar-refractivity contribution in [2.75, 3.05) is 0 Å². The van der Waals surface area contributed by atoms with Crippen LogP contribution in [-0.2, 0) is 17.8 Å². The first-order valence-corrected chi connectivity index (χ1v) is 5.98. The number of pyridine rings is 1. The van der Waals surface area contributed by atoms with Gasteiger partial charge in [-0.05, 0) is 30.7 Å². The summed E-state index contributed by atoms with van der Waals surface area (Å²) < 4.78 is 14.1. The largest absolute Gasteiger partial charge is 0.308 e. The summed E-state index contributed by atoms with van der Waals surface area (Å²) in [6, 6.07) is 9.24. The number of nitrogens with zero attached hydrogens (tertiary/aromatic N) is 1. The number of aryl methyl sites for hydroxylation is 1. The molecular weight excluding hydrogens is 245 g/mol. The molecule has 1 heterocycles. The standard InChI is InChI=1S/C15H14FNO2/c1-11-3-2-8-17(15(11)19)10-14(18)9-12-4-6-13(16)7-5-12/h2-8H,9-10H2,1H3. The Hall–Kier alpha value is -2.23. The second-order valence-corrected chi connectivity index (χ2v) is 4.47. The average molecular weight is 259 g/mol. The summed E-state index contributed by atoms with van der Waals surface area (Å²) in [6.45, 7) is 1.75. The minimum atomic E-state index is -0.328. The number of benzene rings is 1. The number of carbonyl (C=O) groups is 1. The maximum Gasteiger partial charge on any atom is 0.253 e. The maximum atomic E-state index is 12.7. The molecule has 0 atom stereocenters. The molecule has 0 aliphatic rings. The number of carbonyl (C=O) groups excluding carboxylic acids is 1. The minimum Gasteiger partial charge on any atom is -0.308 e. The van der Waals surface area contributed by atoms with E-state index in [0.717, 1.165) is 5.56 Å². The van der Waals surface area contributed by atoms with E-state index in [1.165, 1.54) is 16.7 Å². The van der Waals surface area contributed by atoms with E-state index in [4.69, 9.17) is 0 Å². The van der Waals surface area contributed by atoms with Gasteiger partial charge in [-0.25, -0.2) is 4.39 Å². The Kier molecular flexibility index (Phi) is 3.90. The van der Waals surface area contributed by atoms with Crippen LogP contribution in [0.5, 0.6) is 0 Å². The molecule has 0 amide bonds. The smallest absolute Gasteiger partial charge is 0.253 e. The number of hydrogen-bond acceptors (Lipinski definition) is 2. The molecule has 0 saturated carbocycles. The molecular formula is C15H14FNO2. The lowest BCUT2D eigenvalue weighted by atomic mass is 10.1. The van der Waals surface area contributed by atoms with E-state index in [1.54, 1.807) is 37.4 Å². The lowest BCUT2D eigenvalue weighted by Gasteiger charge is -2.06. The Labute approximate surface area is 110 Å². The quantitative estimate of drug-likeness (QED) is 0.843. The van der Waals surface area contributed by atoms with Gasteiger partial charge in [0.1, 0.15) is 5.82 Å². The lowest BCUT2D eigenvalue weighted by molar-refractivity contribution is -0.119. The summed E-state index contributed by atoms with van der Waals surface area (Å²) in [5, 5.41) is 0. The van der Waals surface area contributed by atoms with Crippen molar-refractivity contribution in [2.45, 2.75) is 19.9 Å². The second kappa shape index (κ2) is 5.61. The highest BCUT2D eigenvalue weighted by atomic mass is 19.1. The van der Waals surface area contributed by atoms with Crippen LogP contribution in [0.3, 0.4) is 0 Å². The molecule has 0 bridgehead atoms. The van der Waals surface area contributed by atoms with Gasteiger partial charge in [-0.3, -0.25) is 9.59 Å². The van der Waals surface area contributed by atoms with Gasteiger partial charge >= 0.3 is 0 Å². The Bertz CT molecular complexity index is 644. The van der Waals surface area contributed by atoms with Crippen LogP contribution in [0.4, 0.5) is 4.39 Å². The predicted molar refractivity (Wildman–Crippen MR) is 70.6 cm³/mol. The summed E-state index contributed by atoms with van der Waals surface area (Å²) in [4.78, 5) is 23.6. The van der Waals surface area contributed by atoms with Crippen molar-refractivity contribution in [2.24, 2.45) is 0 Å². The number of hydrogen-bond donors (Lipinski definition) is 0. The summed E-state index contributed by atoms with van der Waals surface area (Å²) in [7, 11) is 0. The van der Waals surface area contributed by atoms with E-state index in [9.17, 15) is 14.0 Å². The van der Waals surface area contributed by atoms with Crippen LogP contribution in [0.15, 0.2) is 47.4 Å². The van der Waals surface area contributed by atoms with E-state index >= 15 is 0 Å². The number of halogens is 1. The normalized spacial score (nSPS) is 10.4. The third-order valence-corrected chi connectivity index (χ3v) is 2.87. The predicted octanol–water partition coefficient (Wildman–Crippen LogP) is 2.11. The first-order valence-electron chi connectivity index (χ1n) is 5.98.